The molecule has 0 amide bonds. The van der Waals surface area contributed by atoms with Crippen molar-refractivity contribution in [3.8, 4) is 0 Å². The van der Waals surface area contributed by atoms with Crippen molar-refractivity contribution in [2.45, 2.75) is 26.0 Å². The van der Waals surface area contributed by atoms with Gasteiger partial charge in [-0.05, 0) is 19.9 Å². The Morgan fingerprint density at radius 3 is 3.12 bits per heavy atom. The van der Waals surface area contributed by atoms with E-state index in [0.29, 0.717) is 6.04 Å². The Morgan fingerprint density at radius 2 is 2.44 bits per heavy atom. The summed E-state index contributed by atoms with van der Waals surface area (Å²) in [5.74, 6) is 0.883. The fourth-order valence-corrected chi connectivity index (χ4v) is 2.02. The Bertz CT molecular complexity index is 355. The zero-order chi connectivity index (χ0) is 11.5. The van der Waals surface area contributed by atoms with Gasteiger partial charge >= 0.3 is 0 Å². The van der Waals surface area contributed by atoms with Crippen LogP contribution in [0.25, 0.3) is 0 Å². The van der Waals surface area contributed by atoms with Crippen LogP contribution < -0.4 is 4.90 Å². The first-order valence-electron chi connectivity index (χ1n) is 5.67. The molecule has 0 radical (unpaired) electrons. The molecule has 1 fully saturated rings. The summed E-state index contributed by atoms with van der Waals surface area (Å²) in [4.78, 5) is 6.58. The second-order valence-electron chi connectivity index (χ2n) is 4.21. The molecule has 1 aromatic heterocycles. The molecule has 0 bridgehead atoms. The van der Waals surface area contributed by atoms with Gasteiger partial charge in [0.25, 0.3) is 0 Å². The smallest absolute Gasteiger partial charge is 0.134 e. The van der Waals surface area contributed by atoms with Gasteiger partial charge in [-0.15, -0.1) is 0 Å². The maximum absolute atomic E-state index is 9.72. The first kappa shape index (κ1) is 11.4. The van der Waals surface area contributed by atoms with Gasteiger partial charge in [0.1, 0.15) is 5.82 Å². The van der Waals surface area contributed by atoms with E-state index in [1.54, 1.807) is 13.1 Å². The zero-order valence-corrected chi connectivity index (χ0v) is 9.76. The van der Waals surface area contributed by atoms with E-state index < -0.39 is 6.10 Å². The number of ether oxygens (including phenoxy) is 1. The van der Waals surface area contributed by atoms with Crippen molar-refractivity contribution in [1.82, 2.24) is 4.98 Å². The maximum Gasteiger partial charge on any atom is 0.134 e. The zero-order valence-electron chi connectivity index (χ0n) is 9.76. The third-order valence-corrected chi connectivity index (χ3v) is 2.91. The fraction of sp³-hybridized carbons (Fsp3) is 0.583. The number of aliphatic hydroxyl groups excluding tert-OH is 1. The second-order valence-corrected chi connectivity index (χ2v) is 4.21. The summed E-state index contributed by atoms with van der Waals surface area (Å²) >= 11 is 0. The molecule has 1 aliphatic rings. The third kappa shape index (κ3) is 2.18. The number of anilines is 1. The van der Waals surface area contributed by atoms with Crippen molar-refractivity contribution >= 4 is 5.82 Å². The number of morpholine rings is 1. The highest BCUT2D eigenvalue weighted by Gasteiger charge is 2.23. The molecule has 2 rings (SSSR count). The summed E-state index contributed by atoms with van der Waals surface area (Å²) < 4.78 is 5.40. The molecule has 88 valence electrons. The van der Waals surface area contributed by atoms with Gasteiger partial charge in [-0.3, -0.25) is 0 Å². The Labute approximate surface area is 95.9 Å². The molecule has 1 aromatic rings. The van der Waals surface area contributed by atoms with E-state index in [0.717, 1.165) is 31.1 Å². The van der Waals surface area contributed by atoms with Gasteiger partial charge in [-0.1, -0.05) is 6.07 Å². The highest BCUT2D eigenvalue weighted by Crippen LogP contribution is 2.26. The molecule has 0 saturated carbocycles. The number of aliphatic hydroxyl groups is 1. The van der Waals surface area contributed by atoms with Gasteiger partial charge in [0, 0.05) is 18.3 Å². The summed E-state index contributed by atoms with van der Waals surface area (Å²) in [5.41, 5.74) is 0.885. The molecule has 0 aromatic carbocycles. The van der Waals surface area contributed by atoms with Crippen molar-refractivity contribution in [2.75, 3.05) is 24.7 Å². The van der Waals surface area contributed by atoms with Crippen LogP contribution >= 0.6 is 0 Å². The van der Waals surface area contributed by atoms with Crippen LogP contribution in [0.3, 0.4) is 0 Å². The molecule has 1 aliphatic heterocycles. The van der Waals surface area contributed by atoms with Gasteiger partial charge in [0.05, 0.1) is 25.4 Å². The fourth-order valence-electron chi connectivity index (χ4n) is 2.02. The van der Waals surface area contributed by atoms with Crippen LogP contribution in [0.1, 0.15) is 25.5 Å². The Kier molecular flexibility index (Phi) is 3.41. The van der Waals surface area contributed by atoms with Crippen LogP contribution in [0.4, 0.5) is 5.82 Å². The minimum atomic E-state index is -0.487. The number of nitrogens with zero attached hydrogens (tertiary/aromatic N) is 2. The summed E-state index contributed by atoms with van der Waals surface area (Å²) in [6.07, 6.45) is 1.28. The van der Waals surface area contributed by atoms with Crippen LogP contribution in [0.5, 0.6) is 0 Å². The lowest BCUT2D eigenvalue weighted by Crippen LogP contribution is -2.44. The molecule has 2 heterocycles. The van der Waals surface area contributed by atoms with Crippen molar-refractivity contribution in [3.63, 3.8) is 0 Å². The molecule has 2 unspecified atom stereocenters. The lowest BCUT2D eigenvalue weighted by atomic mass is 10.1. The van der Waals surface area contributed by atoms with E-state index in [4.69, 9.17) is 4.74 Å². The van der Waals surface area contributed by atoms with E-state index in [-0.39, 0.29) is 0 Å². The van der Waals surface area contributed by atoms with Crippen molar-refractivity contribution in [2.24, 2.45) is 0 Å². The molecular formula is C12H18N2O2. The normalized spacial score (nSPS) is 23.2. The minimum Gasteiger partial charge on any atom is -0.389 e. The number of hydrogen-bond acceptors (Lipinski definition) is 4. The largest absolute Gasteiger partial charge is 0.389 e. The topological polar surface area (TPSA) is 45.6 Å². The summed E-state index contributed by atoms with van der Waals surface area (Å²) in [5, 5.41) is 9.72. The van der Waals surface area contributed by atoms with Gasteiger partial charge in [-0.2, -0.15) is 0 Å². The van der Waals surface area contributed by atoms with E-state index in [9.17, 15) is 5.11 Å². The van der Waals surface area contributed by atoms with Gasteiger partial charge in [0.15, 0.2) is 0 Å². The Hall–Kier alpha value is -1.13. The summed E-state index contributed by atoms with van der Waals surface area (Å²) in [6, 6.07) is 4.09. The molecule has 2 atom stereocenters. The minimum absolute atomic E-state index is 0.307. The summed E-state index contributed by atoms with van der Waals surface area (Å²) in [6.45, 7) is 6.15. The second kappa shape index (κ2) is 4.80. The number of hydrogen-bond donors (Lipinski definition) is 1. The van der Waals surface area contributed by atoms with Crippen molar-refractivity contribution in [1.29, 1.82) is 0 Å². The molecule has 4 heteroatoms. The SMILES string of the molecule is CC(O)c1cccnc1N1CCOCC1C. The van der Waals surface area contributed by atoms with Crippen LogP contribution in [0.2, 0.25) is 0 Å². The lowest BCUT2D eigenvalue weighted by Gasteiger charge is -2.35. The number of rotatable bonds is 2. The molecular weight excluding hydrogens is 204 g/mol. The van der Waals surface area contributed by atoms with E-state index >= 15 is 0 Å². The highest BCUT2D eigenvalue weighted by atomic mass is 16.5. The first-order chi connectivity index (χ1) is 7.70. The molecule has 1 N–H and O–H groups in total. The predicted molar refractivity (Wildman–Crippen MR) is 62.5 cm³/mol. The molecule has 0 spiro atoms. The van der Waals surface area contributed by atoms with E-state index in [1.165, 1.54) is 0 Å². The average Bonchev–Trinajstić information content (AvgIpc) is 2.29. The third-order valence-electron chi connectivity index (χ3n) is 2.91. The van der Waals surface area contributed by atoms with Crippen LogP contribution in [-0.2, 0) is 4.74 Å². The monoisotopic (exact) mass is 222 g/mol. The quantitative estimate of drug-likeness (QED) is 0.820. The predicted octanol–water partition coefficient (Wildman–Crippen LogP) is 1.36. The molecule has 16 heavy (non-hydrogen) atoms. The highest BCUT2D eigenvalue weighted by molar-refractivity contribution is 5.49. The van der Waals surface area contributed by atoms with Crippen LogP contribution in [-0.4, -0.2) is 35.9 Å². The summed E-state index contributed by atoms with van der Waals surface area (Å²) in [7, 11) is 0. The van der Waals surface area contributed by atoms with E-state index in [1.807, 2.05) is 12.1 Å². The number of aromatic nitrogens is 1. The molecule has 4 nitrogen and oxygen atoms in total. The van der Waals surface area contributed by atoms with Crippen molar-refractivity contribution < 1.29 is 9.84 Å². The maximum atomic E-state index is 9.72. The first-order valence-corrected chi connectivity index (χ1v) is 5.67. The average molecular weight is 222 g/mol. The van der Waals surface area contributed by atoms with Crippen LogP contribution in [0.15, 0.2) is 18.3 Å². The van der Waals surface area contributed by atoms with E-state index in [2.05, 4.69) is 16.8 Å². The van der Waals surface area contributed by atoms with Crippen molar-refractivity contribution in [3.05, 3.63) is 23.9 Å². The number of pyridine rings is 1. The molecule has 1 saturated heterocycles. The molecule has 0 aliphatic carbocycles. The Morgan fingerprint density at radius 1 is 1.62 bits per heavy atom. The van der Waals surface area contributed by atoms with Gasteiger partial charge in [-0.25, -0.2) is 4.98 Å². The Balaban J connectivity index is 2.31. The van der Waals surface area contributed by atoms with Crippen LogP contribution in [0, 0.1) is 0 Å². The lowest BCUT2D eigenvalue weighted by molar-refractivity contribution is 0.0980. The van der Waals surface area contributed by atoms with Gasteiger partial charge < -0.3 is 14.7 Å². The van der Waals surface area contributed by atoms with Gasteiger partial charge in [0.2, 0.25) is 0 Å². The standard InChI is InChI=1S/C12H18N2O2/c1-9-8-16-7-6-14(9)12-11(10(2)15)4-3-5-13-12/h3-5,9-10,15H,6-8H2,1-2H3.